The summed E-state index contributed by atoms with van der Waals surface area (Å²) in [6.07, 6.45) is 5.56. The molecule has 0 atom stereocenters. The molecular weight excluding hydrogens is 232 g/mol. The Morgan fingerprint density at radius 3 is 2.80 bits per heavy atom. The van der Waals surface area contributed by atoms with Crippen molar-refractivity contribution in [3.63, 3.8) is 0 Å². The molecule has 1 amide bonds. The Hall–Kier alpha value is -0.610. The monoisotopic (exact) mass is 244 g/mol. The summed E-state index contributed by atoms with van der Waals surface area (Å²) in [6, 6.07) is 0.287. The fourth-order valence-corrected chi connectivity index (χ4v) is 2.56. The average molecular weight is 245 g/mol. The van der Waals surface area contributed by atoms with E-state index in [4.69, 9.17) is 11.6 Å². The fourth-order valence-electron chi connectivity index (χ4n) is 1.78. The number of rotatable bonds is 2. The molecule has 1 aromatic heterocycles. The van der Waals surface area contributed by atoms with Gasteiger partial charge in [-0.3, -0.25) is 9.78 Å². The third-order valence-corrected chi connectivity index (χ3v) is 3.86. The van der Waals surface area contributed by atoms with Crippen LogP contribution in [0.1, 0.15) is 35.4 Å². The molecule has 3 nitrogen and oxygen atoms in total. The minimum absolute atomic E-state index is 0.00415. The molecule has 1 fully saturated rings. The number of amides is 1. The van der Waals surface area contributed by atoms with E-state index in [1.807, 2.05) is 0 Å². The summed E-state index contributed by atoms with van der Waals surface area (Å²) < 4.78 is 0. The first-order chi connectivity index (χ1) is 7.25. The Bertz CT molecular complexity index is 320. The number of thiazole rings is 1. The van der Waals surface area contributed by atoms with Crippen molar-refractivity contribution in [3.8, 4) is 0 Å². The molecule has 0 aliphatic heterocycles. The Kier molecular flexibility index (Phi) is 3.59. The first kappa shape index (κ1) is 10.9. The summed E-state index contributed by atoms with van der Waals surface area (Å²) in [7, 11) is 0. The zero-order chi connectivity index (χ0) is 10.7. The van der Waals surface area contributed by atoms with Gasteiger partial charge in [0.1, 0.15) is 4.88 Å². The van der Waals surface area contributed by atoms with Gasteiger partial charge in [0, 0.05) is 11.4 Å². The molecule has 1 aliphatic rings. The van der Waals surface area contributed by atoms with E-state index in [2.05, 4.69) is 10.3 Å². The number of carbonyl (C=O) groups is 1. The largest absolute Gasteiger partial charge is 0.349 e. The van der Waals surface area contributed by atoms with Crippen LogP contribution < -0.4 is 5.32 Å². The summed E-state index contributed by atoms with van der Waals surface area (Å²) in [5.41, 5.74) is 1.67. The zero-order valence-corrected chi connectivity index (χ0v) is 9.85. The minimum Gasteiger partial charge on any atom is -0.349 e. The standard InChI is InChI=1S/C10H13ClN2OS/c11-7-1-3-8(4-2-7)13-10(14)9-5-12-6-15-9/h5-8H,1-4H2,(H,13,14). The Morgan fingerprint density at radius 1 is 1.47 bits per heavy atom. The van der Waals surface area contributed by atoms with Crippen molar-refractivity contribution in [2.45, 2.75) is 37.1 Å². The molecule has 1 heterocycles. The second-order valence-electron chi connectivity index (χ2n) is 3.79. The van der Waals surface area contributed by atoms with Crippen molar-refractivity contribution >= 4 is 28.8 Å². The lowest BCUT2D eigenvalue weighted by molar-refractivity contribution is 0.0932. The van der Waals surface area contributed by atoms with Gasteiger partial charge >= 0.3 is 0 Å². The van der Waals surface area contributed by atoms with Gasteiger partial charge in [0.05, 0.1) is 11.7 Å². The number of hydrogen-bond acceptors (Lipinski definition) is 3. The van der Waals surface area contributed by atoms with E-state index in [0.29, 0.717) is 10.3 Å². The van der Waals surface area contributed by atoms with E-state index < -0.39 is 0 Å². The van der Waals surface area contributed by atoms with Crippen LogP contribution in [0.2, 0.25) is 0 Å². The zero-order valence-electron chi connectivity index (χ0n) is 8.28. The van der Waals surface area contributed by atoms with Gasteiger partial charge in [0.15, 0.2) is 0 Å². The number of carbonyl (C=O) groups excluding carboxylic acids is 1. The highest BCUT2D eigenvalue weighted by atomic mass is 35.5. The SMILES string of the molecule is O=C(NC1CCC(Cl)CC1)c1cncs1. The number of alkyl halides is 1. The van der Waals surface area contributed by atoms with Crippen molar-refractivity contribution in [2.24, 2.45) is 0 Å². The molecule has 2 rings (SSSR count). The molecule has 0 unspecified atom stereocenters. The Labute approximate surface area is 97.9 Å². The summed E-state index contributed by atoms with van der Waals surface area (Å²) in [5.74, 6) is -0.00415. The van der Waals surface area contributed by atoms with Gasteiger partial charge in [-0.05, 0) is 25.7 Å². The van der Waals surface area contributed by atoms with Crippen molar-refractivity contribution in [2.75, 3.05) is 0 Å². The van der Waals surface area contributed by atoms with Crippen molar-refractivity contribution in [1.29, 1.82) is 0 Å². The quantitative estimate of drug-likeness (QED) is 0.812. The van der Waals surface area contributed by atoms with Gasteiger partial charge in [-0.25, -0.2) is 0 Å². The second kappa shape index (κ2) is 4.94. The van der Waals surface area contributed by atoms with Crippen molar-refractivity contribution in [3.05, 3.63) is 16.6 Å². The van der Waals surface area contributed by atoms with Crippen molar-refractivity contribution < 1.29 is 4.79 Å². The van der Waals surface area contributed by atoms with E-state index in [0.717, 1.165) is 25.7 Å². The number of nitrogens with one attached hydrogen (secondary N) is 1. The normalized spacial score (nSPS) is 26.2. The highest BCUT2D eigenvalue weighted by Crippen LogP contribution is 2.23. The Morgan fingerprint density at radius 2 is 2.20 bits per heavy atom. The van der Waals surface area contributed by atoms with Gasteiger partial charge in [-0.15, -0.1) is 22.9 Å². The fraction of sp³-hybridized carbons (Fsp3) is 0.600. The van der Waals surface area contributed by atoms with E-state index >= 15 is 0 Å². The third-order valence-electron chi connectivity index (χ3n) is 2.65. The molecule has 0 saturated heterocycles. The predicted molar refractivity (Wildman–Crippen MR) is 61.5 cm³/mol. The maximum Gasteiger partial charge on any atom is 0.263 e. The molecule has 1 aromatic rings. The van der Waals surface area contributed by atoms with Crippen LogP contribution in [0.15, 0.2) is 11.7 Å². The lowest BCUT2D eigenvalue weighted by Gasteiger charge is -2.25. The highest BCUT2D eigenvalue weighted by Gasteiger charge is 2.21. The molecule has 0 radical (unpaired) electrons. The maximum absolute atomic E-state index is 11.7. The van der Waals surface area contributed by atoms with Crippen molar-refractivity contribution in [1.82, 2.24) is 10.3 Å². The molecule has 0 spiro atoms. The summed E-state index contributed by atoms with van der Waals surface area (Å²) in [4.78, 5) is 16.3. The highest BCUT2D eigenvalue weighted by molar-refractivity contribution is 7.11. The molecule has 1 N–H and O–H groups in total. The lowest BCUT2D eigenvalue weighted by Crippen LogP contribution is -2.37. The second-order valence-corrected chi connectivity index (χ2v) is 5.29. The van der Waals surface area contributed by atoms with Gasteiger partial charge < -0.3 is 5.32 Å². The van der Waals surface area contributed by atoms with E-state index in [1.165, 1.54) is 11.3 Å². The molecule has 1 aliphatic carbocycles. The lowest BCUT2D eigenvalue weighted by atomic mass is 9.95. The van der Waals surface area contributed by atoms with Crippen LogP contribution in [0.3, 0.4) is 0 Å². The average Bonchev–Trinajstić information content (AvgIpc) is 2.74. The maximum atomic E-state index is 11.7. The van der Waals surface area contributed by atoms with Crippen LogP contribution in [0.25, 0.3) is 0 Å². The van der Waals surface area contributed by atoms with Gasteiger partial charge in [-0.2, -0.15) is 0 Å². The smallest absolute Gasteiger partial charge is 0.263 e. The molecule has 1 saturated carbocycles. The summed E-state index contributed by atoms with van der Waals surface area (Å²) in [6.45, 7) is 0. The minimum atomic E-state index is -0.00415. The van der Waals surface area contributed by atoms with E-state index in [9.17, 15) is 4.79 Å². The van der Waals surface area contributed by atoms with Gasteiger partial charge in [0.25, 0.3) is 5.91 Å². The number of halogens is 1. The molecule has 15 heavy (non-hydrogen) atoms. The van der Waals surface area contributed by atoms with Crippen LogP contribution in [-0.4, -0.2) is 22.3 Å². The summed E-state index contributed by atoms with van der Waals surface area (Å²) >= 11 is 7.37. The van der Waals surface area contributed by atoms with Crippen LogP contribution >= 0.6 is 22.9 Å². The summed E-state index contributed by atoms with van der Waals surface area (Å²) in [5, 5.41) is 3.31. The van der Waals surface area contributed by atoms with E-state index in [1.54, 1.807) is 11.7 Å². The number of hydrogen-bond donors (Lipinski definition) is 1. The first-order valence-electron chi connectivity index (χ1n) is 5.09. The van der Waals surface area contributed by atoms with E-state index in [-0.39, 0.29) is 11.9 Å². The van der Waals surface area contributed by atoms with Crippen LogP contribution in [0.4, 0.5) is 0 Å². The van der Waals surface area contributed by atoms with Gasteiger partial charge in [0.2, 0.25) is 0 Å². The third kappa shape index (κ3) is 2.92. The van der Waals surface area contributed by atoms with Crippen LogP contribution in [0, 0.1) is 0 Å². The molecule has 5 heteroatoms. The molecule has 82 valence electrons. The Balaban J connectivity index is 1.85. The predicted octanol–water partition coefficient (Wildman–Crippen LogP) is 2.42. The number of nitrogens with zero attached hydrogens (tertiary/aromatic N) is 1. The molecule has 0 bridgehead atoms. The first-order valence-corrected chi connectivity index (χ1v) is 6.40. The topological polar surface area (TPSA) is 42.0 Å². The van der Waals surface area contributed by atoms with Crippen LogP contribution in [0.5, 0.6) is 0 Å². The molecule has 0 aromatic carbocycles. The molecular formula is C10H13ClN2OS. The van der Waals surface area contributed by atoms with Crippen LogP contribution in [-0.2, 0) is 0 Å². The van der Waals surface area contributed by atoms with Gasteiger partial charge in [-0.1, -0.05) is 0 Å². The number of aromatic nitrogens is 1.